The average Bonchev–Trinajstić information content (AvgIpc) is 2.19. The highest BCUT2D eigenvalue weighted by molar-refractivity contribution is 5.30. The van der Waals surface area contributed by atoms with E-state index in [2.05, 4.69) is 55.5 Å². The molecule has 0 fully saturated rings. The van der Waals surface area contributed by atoms with E-state index in [0.29, 0.717) is 5.92 Å². The van der Waals surface area contributed by atoms with Crippen molar-refractivity contribution in [1.29, 1.82) is 0 Å². The van der Waals surface area contributed by atoms with Gasteiger partial charge in [0.05, 0.1) is 0 Å². The molecule has 2 rings (SSSR count). The van der Waals surface area contributed by atoms with Crippen LogP contribution in [-0.4, -0.2) is 0 Å². The van der Waals surface area contributed by atoms with Gasteiger partial charge >= 0.3 is 0 Å². The Balaban J connectivity index is 2.24. The molecule has 0 spiro atoms. The highest BCUT2D eigenvalue weighted by Crippen LogP contribution is 2.26. The third-order valence-corrected chi connectivity index (χ3v) is 2.38. The van der Waals surface area contributed by atoms with E-state index in [9.17, 15) is 0 Å². The van der Waals surface area contributed by atoms with Gasteiger partial charge in [0.2, 0.25) is 0 Å². The van der Waals surface area contributed by atoms with Gasteiger partial charge in [-0.05, 0) is 30.6 Å². The van der Waals surface area contributed by atoms with E-state index >= 15 is 0 Å². The van der Waals surface area contributed by atoms with Crippen molar-refractivity contribution in [2.75, 3.05) is 0 Å². The van der Waals surface area contributed by atoms with Gasteiger partial charge in [0.25, 0.3) is 0 Å². The maximum absolute atomic E-state index is 3.22. The van der Waals surface area contributed by atoms with Crippen LogP contribution in [0.25, 0.3) is 0 Å². The molecule has 0 saturated carbocycles. The first-order chi connectivity index (χ1) is 6.36. The van der Waals surface area contributed by atoms with Crippen molar-refractivity contribution in [2.24, 2.45) is 0 Å². The van der Waals surface area contributed by atoms with Crippen molar-refractivity contribution >= 4 is 0 Å². The molecule has 0 heterocycles. The number of hydrogen-bond acceptors (Lipinski definition) is 0. The lowest BCUT2D eigenvalue weighted by molar-refractivity contribution is 0.839. The first kappa shape index (κ1) is 8.31. The van der Waals surface area contributed by atoms with Gasteiger partial charge in [0.15, 0.2) is 0 Å². The predicted octanol–water partition coefficient (Wildman–Crippen LogP) is 3.48. The van der Waals surface area contributed by atoms with Crippen LogP contribution >= 0.6 is 0 Å². The van der Waals surface area contributed by atoms with Crippen molar-refractivity contribution < 1.29 is 0 Å². The number of benzene rings is 1. The molecule has 65 valence electrons. The zero-order valence-corrected chi connectivity index (χ0v) is 7.83. The minimum atomic E-state index is 0.558. The molecule has 1 aliphatic rings. The first-order valence-electron chi connectivity index (χ1n) is 4.68. The fourth-order valence-corrected chi connectivity index (χ4v) is 1.70. The van der Waals surface area contributed by atoms with Crippen LogP contribution in [0.4, 0.5) is 0 Å². The highest BCUT2D eigenvalue weighted by atomic mass is 14.1. The third kappa shape index (κ3) is 1.89. The highest BCUT2D eigenvalue weighted by Gasteiger charge is 2.08. The average molecular weight is 169 g/mol. The number of hydrogen-bond donors (Lipinski definition) is 0. The molecular weight excluding hydrogens is 156 g/mol. The summed E-state index contributed by atoms with van der Waals surface area (Å²) in [5, 5.41) is 0. The Kier molecular flexibility index (Phi) is 2.31. The lowest BCUT2D eigenvalue weighted by atomic mass is 9.90. The summed E-state index contributed by atoms with van der Waals surface area (Å²) in [4.78, 5) is 0. The Morgan fingerprint density at radius 1 is 1.23 bits per heavy atom. The van der Waals surface area contributed by atoms with Crippen LogP contribution in [-0.2, 0) is 0 Å². The largest absolute Gasteiger partial charge is 0.0755 e. The van der Waals surface area contributed by atoms with E-state index in [-0.39, 0.29) is 0 Å². The van der Waals surface area contributed by atoms with Crippen molar-refractivity contribution in [2.45, 2.75) is 19.3 Å². The van der Waals surface area contributed by atoms with Crippen molar-refractivity contribution in [1.82, 2.24) is 0 Å². The van der Waals surface area contributed by atoms with E-state index in [1.807, 2.05) is 0 Å². The van der Waals surface area contributed by atoms with Gasteiger partial charge in [0.1, 0.15) is 0 Å². The lowest BCUT2D eigenvalue weighted by Crippen LogP contribution is -1.97. The Bertz CT molecular complexity index is 330. The third-order valence-electron chi connectivity index (χ3n) is 2.38. The minimum absolute atomic E-state index is 0.558. The van der Waals surface area contributed by atoms with Crippen LogP contribution in [0.5, 0.6) is 0 Å². The number of rotatable bonds is 1. The standard InChI is InChI=1S/C13H13/c1-11-6-5-9-13(10-11)12-7-3-2-4-8-12/h2-5,7-8,10,13H,9H2,1H3. The summed E-state index contributed by atoms with van der Waals surface area (Å²) < 4.78 is 0. The fourth-order valence-electron chi connectivity index (χ4n) is 1.70. The molecule has 0 bridgehead atoms. The Morgan fingerprint density at radius 3 is 2.69 bits per heavy atom. The summed E-state index contributed by atoms with van der Waals surface area (Å²) in [6.45, 7) is 2.10. The summed E-state index contributed by atoms with van der Waals surface area (Å²) in [5.41, 5.74) is 2.65. The molecule has 0 N–H and O–H groups in total. The van der Waals surface area contributed by atoms with Crippen molar-refractivity contribution in [3.05, 3.63) is 59.7 Å². The van der Waals surface area contributed by atoms with E-state index in [1.165, 1.54) is 11.1 Å². The molecule has 0 aliphatic heterocycles. The molecule has 1 unspecified atom stereocenters. The maximum Gasteiger partial charge on any atom is 0.00587 e. The fraction of sp³-hybridized carbons (Fsp3) is 0.231. The Labute approximate surface area is 79.6 Å². The van der Waals surface area contributed by atoms with Gasteiger partial charge in [-0.2, -0.15) is 0 Å². The molecule has 1 atom stereocenters. The summed E-state index contributed by atoms with van der Waals surface area (Å²) >= 11 is 0. The smallest absolute Gasteiger partial charge is 0.00587 e. The lowest BCUT2D eigenvalue weighted by Gasteiger charge is -2.14. The quantitative estimate of drug-likeness (QED) is 0.603. The first-order valence-corrected chi connectivity index (χ1v) is 4.68. The van der Waals surface area contributed by atoms with Gasteiger partial charge in [0, 0.05) is 5.92 Å². The normalized spacial score (nSPS) is 21.3. The molecule has 0 aromatic heterocycles. The van der Waals surface area contributed by atoms with Crippen LogP contribution in [0, 0.1) is 6.08 Å². The van der Waals surface area contributed by atoms with E-state index in [0.717, 1.165) is 6.42 Å². The van der Waals surface area contributed by atoms with Crippen molar-refractivity contribution in [3.63, 3.8) is 0 Å². The van der Waals surface area contributed by atoms with Crippen LogP contribution in [0.1, 0.15) is 24.8 Å². The summed E-state index contributed by atoms with van der Waals surface area (Å²) in [5.74, 6) is 0.558. The minimum Gasteiger partial charge on any atom is -0.0755 e. The van der Waals surface area contributed by atoms with Gasteiger partial charge in [-0.25, -0.2) is 0 Å². The van der Waals surface area contributed by atoms with E-state index in [4.69, 9.17) is 0 Å². The summed E-state index contributed by atoms with van der Waals surface area (Å²) in [7, 11) is 0. The second-order valence-electron chi connectivity index (χ2n) is 3.45. The van der Waals surface area contributed by atoms with Crippen molar-refractivity contribution in [3.8, 4) is 0 Å². The van der Waals surface area contributed by atoms with Crippen LogP contribution < -0.4 is 0 Å². The molecule has 1 aliphatic carbocycles. The van der Waals surface area contributed by atoms with E-state index in [1.54, 1.807) is 0 Å². The molecular formula is C13H13. The Morgan fingerprint density at radius 2 is 2.00 bits per heavy atom. The molecule has 0 heteroatoms. The van der Waals surface area contributed by atoms with Gasteiger partial charge in [-0.15, -0.1) is 0 Å². The molecule has 0 nitrogen and oxygen atoms in total. The zero-order valence-electron chi connectivity index (χ0n) is 7.83. The summed E-state index contributed by atoms with van der Waals surface area (Å²) in [6.07, 6.45) is 8.72. The molecule has 0 saturated heterocycles. The van der Waals surface area contributed by atoms with Gasteiger partial charge in [-0.1, -0.05) is 42.5 Å². The van der Waals surface area contributed by atoms with Crippen LogP contribution in [0.15, 0.2) is 48.1 Å². The summed E-state index contributed by atoms with van der Waals surface area (Å²) in [6, 6.07) is 10.6. The zero-order chi connectivity index (χ0) is 9.10. The Hall–Kier alpha value is -1.30. The molecule has 1 aromatic rings. The SMILES string of the molecule is CC1=CC(c2ccccc2)CC=[C]1. The monoisotopic (exact) mass is 169 g/mol. The van der Waals surface area contributed by atoms with E-state index < -0.39 is 0 Å². The topological polar surface area (TPSA) is 0 Å². The molecule has 1 aromatic carbocycles. The molecule has 13 heavy (non-hydrogen) atoms. The number of allylic oxidation sites excluding steroid dienone is 4. The second kappa shape index (κ2) is 3.61. The maximum atomic E-state index is 3.22. The van der Waals surface area contributed by atoms with Gasteiger partial charge in [-0.3, -0.25) is 0 Å². The van der Waals surface area contributed by atoms with Crippen LogP contribution in [0.3, 0.4) is 0 Å². The van der Waals surface area contributed by atoms with Gasteiger partial charge < -0.3 is 0 Å². The molecule has 1 radical (unpaired) electrons. The predicted molar refractivity (Wildman–Crippen MR) is 55.4 cm³/mol. The molecule has 0 amide bonds. The van der Waals surface area contributed by atoms with Crippen LogP contribution in [0.2, 0.25) is 0 Å². The second-order valence-corrected chi connectivity index (χ2v) is 3.45.